The average Bonchev–Trinajstić information content (AvgIpc) is 2.89. The predicted molar refractivity (Wildman–Crippen MR) is 134 cm³/mol. The maximum absolute atomic E-state index is 13.7. The standard InChI is InChI=1S/C26H38N4O6/c1-19(31)30(22-6-8-23(36-2)9-7-22)29(17-13-25(33)34)26(35)21-4-3-16-28(18-21)24(32)10-5-20-11-14-27-15-12-20/h6-9,20-21,27H,3-5,10-18H2,1-2H3,(H,33,34)/t21-/m1/s1. The highest BCUT2D eigenvalue weighted by Gasteiger charge is 2.35. The molecule has 0 spiro atoms. The third kappa shape index (κ3) is 7.43. The summed E-state index contributed by atoms with van der Waals surface area (Å²) in [5, 5.41) is 15.1. The van der Waals surface area contributed by atoms with E-state index in [9.17, 15) is 24.3 Å². The number of nitrogens with zero attached hydrogens (tertiary/aromatic N) is 3. The monoisotopic (exact) mass is 502 g/mol. The Labute approximate surface area is 212 Å². The number of hydrazine groups is 1. The first kappa shape index (κ1) is 27.4. The van der Waals surface area contributed by atoms with Crippen molar-refractivity contribution in [3.63, 3.8) is 0 Å². The van der Waals surface area contributed by atoms with Crippen LogP contribution in [0.15, 0.2) is 24.3 Å². The lowest BCUT2D eigenvalue weighted by atomic mass is 9.92. The van der Waals surface area contributed by atoms with Crippen molar-refractivity contribution in [2.75, 3.05) is 44.8 Å². The number of carboxylic acid groups (broad SMARTS) is 1. The van der Waals surface area contributed by atoms with Gasteiger partial charge in [0.1, 0.15) is 5.75 Å². The number of piperidine rings is 2. The molecule has 10 nitrogen and oxygen atoms in total. The summed E-state index contributed by atoms with van der Waals surface area (Å²) in [4.78, 5) is 52.4. The van der Waals surface area contributed by atoms with Gasteiger partial charge in [0.15, 0.2) is 0 Å². The van der Waals surface area contributed by atoms with Crippen molar-refractivity contribution >= 4 is 29.4 Å². The molecule has 198 valence electrons. The van der Waals surface area contributed by atoms with Gasteiger partial charge in [-0.1, -0.05) is 0 Å². The first-order valence-corrected chi connectivity index (χ1v) is 12.8. The van der Waals surface area contributed by atoms with Crippen molar-refractivity contribution in [2.45, 2.75) is 51.9 Å². The number of rotatable bonds is 9. The molecule has 2 N–H and O–H groups in total. The number of carbonyl (C=O) groups is 4. The van der Waals surface area contributed by atoms with Gasteiger partial charge in [-0.25, -0.2) is 10.0 Å². The van der Waals surface area contributed by atoms with Crippen LogP contribution in [0.4, 0.5) is 5.69 Å². The number of likely N-dealkylation sites (tertiary alicyclic amines) is 1. The number of methoxy groups -OCH3 is 1. The van der Waals surface area contributed by atoms with E-state index in [0.717, 1.165) is 32.4 Å². The highest BCUT2D eigenvalue weighted by Crippen LogP contribution is 2.26. The number of carboxylic acids is 1. The Morgan fingerprint density at radius 1 is 1.08 bits per heavy atom. The lowest BCUT2D eigenvalue weighted by Gasteiger charge is -2.39. The van der Waals surface area contributed by atoms with Crippen molar-refractivity contribution in [1.29, 1.82) is 0 Å². The number of benzene rings is 1. The zero-order chi connectivity index (χ0) is 26.1. The number of carbonyl (C=O) groups excluding carboxylic acids is 3. The van der Waals surface area contributed by atoms with Gasteiger partial charge in [-0.05, 0) is 75.4 Å². The maximum atomic E-state index is 13.7. The van der Waals surface area contributed by atoms with Crippen LogP contribution in [0.25, 0.3) is 0 Å². The Morgan fingerprint density at radius 2 is 1.78 bits per heavy atom. The molecular weight excluding hydrogens is 464 g/mol. The van der Waals surface area contributed by atoms with E-state index in [-0.39, 0.29) is 31.3 Å². The highest BCUT2D eigenvalue weighted by atomic mass is 16.5. The molecule has 3 rings (SSSR count). The molecule has 36 heavy (non-hydrogen) atoms. The van der Waals surface area contributed by atoms with Gasteiger partial charge in [0.2, 0.25) is 17.7 Å². The van der Waals surface area contributed by atoms with Gasteiger partial charge < -0.3 is 20.1 Å². The van der Waals surface area contributed by atoms with Crippen LogP contribution in [0.5, 0.6) is 5.75 Å². The van der Waals surface area contributed by atoms with E-state index in [1.54, 1.807) is 29.2 Å². The molecule has 1 aromatic carbocycles. The summed E-state index contributed by atoms with van der Waals surface area (Å²) in [7, 11) is 1.53. The zero-order valence-corrected chi connectivity index (χ0v) is 21.3. The largest absolute Gasteiger partial charge is 0.497 e. The van der Waals surface area contributed by atoms with Crippen LogP contribution >= 0.6 is 0 Å². The Kier molecular flexibility index (Phi) is 10.1. The quantitative estimate of drug-likeness (QED) is 0.497. The molecule has 2 heterocycles. The second kappa shape index (κ2) is 13.2. The van der Waals surface area contributed by atoms with Gasteiger partial charge in [-0.15, -0.1) is 0 Å². The molecule has 1 aromatic rings. The summed E-state index contributed by atoms with van der Waals surface area (Å²) in [6, 6.07) is 6.65. The van der Waals surface area contributed by atoms with Gasteiger partial charge in [0.05, 0.1) is 31.7 Å². The number of nitrogens with one attached hydrogen (secondary N) is 1. The highest BCUT2D eigenvalue weighted by molar-refractivity contribution is 5.95. The molecule has 2 fully saturated rings. The third-order valence-corrected chi connectivity index (χ3v) is 7.00. The number of hydrogen-bond acceptors (Lipinski definition) is 6. The Balaban J connectivity index is 1.72. The first-order chi connectivity index (χ1) is 17.3. The Bertz CT molecular complexity index is 916. The molecule has 10 heteroatoms. The van der Waals surface area contributed by atoms with Gasteiger partial charge in [0.25, 0.3) is 0 Å². The number of hydrogen-bond donors (Lipinski definition) is 2. The molecule has 0 unspecified atom stereocenters. The van der Waals surface area contributed by atoms with E-state index < -0.39 is 17.8 Å². The lowest BCUT2D eigenvalue weighted by molar-refractivity contribution is -0.145. The molecule has 2 saturated heterocycles. The van der Waals surface area contributed by atoms with Crippen LogP contribution in [-0.4, -0.2) is 78.5 Å². The van der Waals surface area contributed by atoms with Crippen LogP contribution < -0.4 is 15.1 Å². The summed E-state index contributed by atoms with van der Waals surface area (Å²) in [6.07, 6.45) is 4.45. The van der Waals surface area contributed by atoms with Crippen molar-refractivity contribution in [3.8, 4) is 5.75 Å². The molecular formula is C26H38N4O6. The molecule has 2 aliphatic rings. The van der Waals surface area contributed by atoms with Crippen LogP contribution in [-0.2, 0) is 19.2 Å². The summed E-state index contributed by atoms with van der Waals surface area (Å²) >= 11 is 0. The first-order valence-electron chi connectivity index (χ1n) is 12.8. The lowest BCUT2D eigenvalue weighted by Crippen LogP contribution is -2.55. The van der Waals surface area contributed by atoms with Crippen molar-refractivity contribution in [2.24, 2.45) is 11.8 Å². The summed E-state index contributed by atoms with van der Waals surface area (Å²) in [5.41, 5.74) is 0.438. The van der Waals surface area contributed by atoms with Gasteiger partial charge in [-0.2, -0.15) is 0 Å². The van der Waals surface area contributed by atoms with Crippen molar-refractivity contribution in [3.05, 3.63) is 24.3 Å². The second-order valence-electron chi connectivity index (χ2n) is 9.54. The van der Waals surface area contributed by atoms with Gasteiger partial charge >= 0.3 is 5.97 Å². The molecule has 0 aliphatic carbocycles. The minimum atomic E-state index is -1.07. The third-order valence-electron chi connectivity index (χ3n) is 7.00. The maximum Gasteiger partial charge on any atom is 0.305 e. The molecule has 0 saturated carbocycles. The Morgan fingerprint density at radius 3 is 2.39 bits per heavy atom. The van der Waals surface area contributed by atoms with Gasteiger partial charge in [0, 0.05) is 26.4 Å². The normalized spacial score (nSPS) is 18.4. The van der Waals surface area contributed by atoms with E-state index in [0.29, 0.717) is 43.2 Å². The fourth-order valence-corrected chi connectivity index (χ4v) is 5.00. The zero-order valence-electron chi connectivity index (χ0n) is 21.3. The SMILES string of the molecule is COc1ccc(N(C(C)=O)N(CCC(=O)O)C(=O)[C@@H]2CCCN(C(=O)CCC3CCNCC3)C2)cc1. The smallest absolute Gasteiger partial charge is 0.305 e. The van der Waals surface area contributed by atoms with E-state index in [1.165, 1.54) is 24.1 Å². The van der Waals surface area contributed by atoms with Crippen LogP contribution in [0, 0.1) is 11.8 Å². The van der Waals surface area contributed by atoms with Crippen molar-refractivity contribution < 1.29 is 29.0 Å². The van der Waals surface area contributed by atoms with E-state index in [1.807, 2.05) is 0 Å². The topological polar surface area (TPSA) is 119 Å². The van der Waals surface area contributed by atoms with E-state index in [2.05, 4.69) is 5.32 Å². The molecule has 0 aromatic heterocycles. The van der Waals surface area contributed by atoms with E-state index >= 15 is 0 Å². The fraction of sp³-hybridized carbons (Fsp3) is 0.615. The van der Waals surface area contributed by atoms with E-state index in [4.69, 9.17) is 4.74 Å². The van der Waals surface area contributed by atoms with Crippen LogP contribution in [0.2, 0.25) is 0 Å². The molecule has 0 bridgehead atoms. The molecule has 2 aliphatic heterocycles. The van der Waals surface area contributed by atoms with Crippen LogP contribution in [0.3, 0.4) is 0 Å². The Hall–Kier alpha value is -3.14. The minimum absolute atomic E-state index is 0.0571. The number of ether oxygens (including phenoxy) is 1. The fourth-order valence-electron chi connectivity index (χ4n) is 5.00. The molecule has 0 radical (unpaired) electrons. The minimum Gasteiger partial charge on any atom is -0.497 e. The number of anilines is 1. The average molecular weight is 503 g/mol. The van der Waals surface area contributed by atoms with Crippen LogP contribution in [0.1, 0.15) is 51.9 Å². The number of aliphatic carboxylic acids is 1. The number of amides is 3. The second-order valence-corrected chi connectivity index (χ2v) is 9.54. The predicted octanol–water partition coefficient (Wildman–Crippen LogP) is 2.28. The molecule has 1 atom stereocenters. The summed E-state index contributed by atoms with van der Waals surface area (Å²) in [5.74, 6) is -1.13. The summed E-state index contributed by atoms with van der Waals surface area (Å²) in [6.45, 7) is 4.06. The van der Waals surface area contributed by atoms with Crippen molar-refractivity contribution in [1.82, 2.24) is 15.2 Å². The summed E-state index contributed by atoms with van der Waals surface area (Å²) < 4.78 is 5.18. The molecule has 3 amide bonds. The van der Waals surface area contributed by atoms with Gasteiger partial charge in [-0.3, -0.25) is 19.2 Å².